The number of hydrogen-bond donors (Lipinski definition) is 2. The third kappa shape index (κ3) is 5.19. The lowest BCUT2D eigenvalue weighted by Crippen LogP contribution is -2.41. The van der Waals surface area contributed by atoms with Crippen molar-refractivity contribution in [1.29, 1.82) is 0 Å². The van der Waals surface area contributed by atoms with E-state index in [1.807, 2.05) is 36.4 Å². The van der Waals surface area contributed by atoms with Crippen LogP contribution < -0.4 is 15.4 Å². The fourth-order valence-corrected chi connectivity index (χ4v) is 2.42. The highest BCUT2D eigenvalue weighted by Crippen LogP contribution is 2.22. The van der Waals surface area contributed by atoms with Crippen molar-refractivity contribution in [2.24, 2.45) is 0 Å². The zero-order valence-corrected chi connectivity index (χ0v) is 14.9. The van der Waals surface area contributed by atoms with E-state index in [2.05, 4.69) is 10.6 Å². The molecule has 0 aliphatic rings. The van der Waals surface area contributed by atoms with Crippen LogP contribution in [0.1, 0.15) is 17.3 Å². The smallest absolute Gasteiger partial charge is 0.251 e. The summed E-state index contributed by atoms with van der Waals surface area (Å²) in [6.45, 7) is 1.64. The van der Waals surface area contributed by atoms with Gasteiger partial charge in [-0.2, -0.15) is 0 Å². The summed E-state index contributed by atoms with van der Waals surface area (Å²) in [5.74, 6) is 0.831. The molecule has 0 spiro atoms. The Morgan fingerprint density at radius 2 is 1.33 bits per heavy atom. The summed E-state index contributed by atoms with van der Waals surface area (Å²) in [4.78, 5) is 24.4. The lowest BCUT2D eigenvalue weighted by atomic mass is 10.2. The normalized spacial score (nSPS) is 11.3. The molecule has 0 aliphatic heterocycles. The summed E-state index contributed by atoms with van der Waals surface area (Å²) in [7, 11) is 0. The van der Waals surface area contributed by atoms with Gasteiger partial charge in [0.2, 0.25) is 5.91 Å². The van der Waals surface area contributed by atoms with E-state index in [1.165, 1.54) is 0 Å². The van der Waals surface area contributed by atoms with Gasteiger partial charge in [-0.1, -0.05) is 36.4 Å². The molecule has 0 fully saturated rings. The van der Waals surface area contributed by atoms with Gasteiger partial charge >= 0.3 is 0 Å². The Hall–Kier alpha value is -3.60. The van der Waals surface area contributed by atoms with E-state index in [0.717, 1.165) is 5.75 Å². The fourth-order valence-electron chi connectivity index (χ4n) is 2.42. The van der Waals surface area contributed by atoms with Gasteiger partial charge in [0, 0.05) is 11.3 Å². The molecule has 3 rings (SSSR count). The van der Waals surface area contributed by atoms with Gasteiger partial charge in [-0.15, -0.1) is 0 Å². The number of rotatable bonds is 6. The molecule has 0 aromatic heterocycles. The van der Waals surface area contributed by atoms with Crippen molar-refractivity contribution in [2.45, 2.75) is 13.0 Å². The molecule has 0 bridgehead atoms. The maximum Gasteiger partial charge on any atom is 0.251 e. The number of anilines is 1. The third-order valence-electron chi connectivity index (χ3n) is 3.88. The molecule has 5 heteroatoms. The maximum absolute atomic E-state index is 12.3. The van der Waals surface area contributed by atoms with Gasteiger partial charge in [0.15, 0.2) is 0 Å². The predicted octanol–water partition coefficient (Wildman–Crippen LogP) is 4.24. The lowest BCUT2D eigenvalue weighted by Gasteiger charge is -2.14. The quantitative estimate of drug-likeness (QED) is 0.691. The first-order chi connectivity index (χ1) is 13.1. The maximum atomic E-state index is 12.3. The summed E-state index contributed by atoms with van der Waals surface area (Å²) in [5, 5.41) is 5.46. The van der Waals surface area contributed by atoms with E-state index in [0.29, 0.717) is 17.0 Å². The lowest BCUT2D eigenvalue weighted by molar-refractivity contribution is -0.117. The fraction of sp³-hybridized carbons (Fsp3) is 0.0909. The summed E-state index contributed by atoms with van der Waals surface area (Å²) >= 11 is 0. The van der Waals surface area contributed by atoms with E-state index in [9.17, 15) is 9.59 Å². The number of benzene rings is 3. The topological polar surface area (TPSA) is 67.4 Å². The van der Waals surface area contributed by atoms with Crippen LogP contribution in [0.2, 0.25) is 0 Å². The summed E-state index contributed by atoms with van der Waals surface area (Å²) < 4.78 is 5.72. The largest absolute Gasteiger partial charge is 0.457 e. The molecular weight excluding hydrogens is 340 g/mol. The van der Waals surface area contributed by atoms with E-state index < -0.39 is 6.04 Å². The van der Waals surface area contributed by atoms with Crippen molar-refractivity contribution >= 4 is 17.5 Å². The molecule has 1 unspecified atom stereocenters. The number of carbonyl (C=O) groups excluding carboxylic acids is 2. The molecule has 1 atom stereocenters. The highest BCUT2D eigenvalue weighted by molar-refractivity contribution is 6.00. The Morgan fingerprint density at radius 3 is 1.96 bits per heavy atom. The number of hydrogen-bond acceptors (Lipinski definition) is 3. The average Bonchev–Trinajstić information content (AvgIpc) is 2.71. The number of carbonyl (C=O) groups is 2. The molecule has 3 aromatic rings. The third-order valence-corrected chi connectivity index (χ3v) is 3.88. The molecule has 0 radical (unpaired) electrons. The van der Waals surface area contributed by atoms with E-state index in [-0.39, 0.29) is 11.8 Å². The van der Waals surface area contributed by atoms with Crippen molar-refractivity contribution < 1.29 is 14.3 Å². The van der Waals surface area contributed by atoms with E-state index in [1.54, 1.807) is 55.5 Å². The van der Waals surface area contributed by atoms with Gasteiger partial charge in [-0.3, -0.25) is 9.59 Å². The molecule has 3 aromatic carbocycles. The standard InChI is InChI=1S/C22H20N2O3/c1-16(23-22(26)17-8-4-2-5-9-17)21(25)24-18-12-14-20(15-13-18)27-19-10-6-3-7-11-19/h2-16H,1H3,(H,23,26)(H,24,25). The Morgan fingerprint density at radius 1 is 0.778 bits per heavy atom. The van der Waals surface area contributed by atoms with Crippen LogP contribution >= 0.6 is 0 Å². The zero-order chi connectivity index (χ0) is 19.1. The summed E-state index contributed by atoms with van der Waals surface area (Å²) in [6, 6.07) is 24.6. The number of amides is 2. The second-order valence-electron chi connectivity index (χ2n) is 5.99. The molecule has 0 saturated heterocycles. The number of para-hydroxylation sites is 1. The molecule has 136 valence electrons. The van der Waals surface area contributed by atoms with Crippen LogP contribution in [0.15, 0.2) is 84.9 Å². The predicted molar refractivity (Wildman–Crippen MR) is 105 cm³/mol. The first-order valence-electron chi connectivity index (χ1n) is 8.61. The molecule has 27 heavy (non-hydrogen) atoms. The van der Waals surface area contributed by atoms with E-state index in [4.69, 9.17) is 4.74 Å². The van der Waals surface area contributed by atoms with Gasteiger partial charge < -0.3 is 15.4 Å². The Kier molecular flexibility index (Phi) is 5.84. The minimum absolute atomic E-state index is 0.287. The Labute approximate surface area is 158 Å². The summed E-state index contributed by atoms with van der Waals surface area (Å²) in [5.41, 5.74) is 1.14. The van der Waals surface area contributed by atoms with Gasteiger partial charge in [0.1, 0.15) is 17.5 Å². The monoisotopic (exact) mass is 360 g/mol. The first kappa shape index (κ1) is 18.2. The summed E-state index contributed by atoms with van der Waals surface area (Å²) in [6.07, 6.45) is 0. The second kappa shape index (κ2) is 8.67. The van der Waals surface area contributed by atoms with Crippen molar-refractivity contribution in [3.8, 4) is 11.5 Å². The molecule has 2 N–H and O–H groups in total. The number of ether oxygens (including phenoxy) is 1. The van der Waals surface area contributed by atoms with E-state index >= 15 is 0 Å². The minimum atomic E-state index is -0.669. The van der Waals surface area contributed by atoms with Crippen LogP contribution in [-0.2, 0) is 4.79 Å². The zero-order valence-electron chi connectivity index (χ0n) is 14.9. The molecule has 0 saturated carbocycles. The van der Waals surface area contributed by atoms with Crippen molar-refractivity contribution in [3.63, 3.8) is 0 Å². The van der Waals surface area contributed by atoms with Crippen molar-refractivity contribution in [3.05, 3.63) is 90.5 Å². The van der Waals surface area contributed by atoms with Crippen LogP contribution in [0, 0.1) is 0 Å². The van der Waals surface area contributed by atoms with Crippen LogP contribution in [-0.4, -0.2) is 17.9 Å². The first-order valence-corrected chi connectivity index (χ1v) is 8.61. The molecule has 5 nitrogen and oxygen atoms in total. The molecular formula is C22H20N2O3. The number of nitrogens with one attached hydrogen (secondary N) is 2. The molecule has 2 amide bonds. The second-order valence-corrected chi connectivity index (χ2v) is 5.99. The Bertz CT molecular complexity index is 894. The van der Waals surface area contributed by atoms with Crippen LogP contribution in [0.3, 0.4) is 0 Å². The van der Waals surface area contributed by atoms with Crippen molar-refractivity contribution in [1.82, 2.24) is 5.32 Å². The van der Waals surface area contributed by atoms with Crippen LogP contribution in [0.4, 0.5) is 5.69 Å². The highest BCUT2D eigenvalue weighted by Gasteiger charge is 2.16. The average molecular weight is 360 g/mol. The highest BCUT2D eigenvalue weighted by atomic mass is 16.5. The van der Waals surface area contributed by atoms with Gasteiger partial charge in [-0.05, 0) is 55.5 Å². The molecule has 0 heterocycles. The van der Waals surface area contributed by atoms with Crippen molar-refractivity contribution in [2.75, 3.05) is 5.32 Å². The van der Waals surface area contributed by atoms with Crippen LogP contribution in [0.25, 0.3) is 0 Å². The van der Waals surface area contributed by atoms with Crippen LogP contribution in [0.5, 0.6) is 11.5 Å². The molecule has 0 aliphatic carbocycles. The van der Waals surface area contributed by atoms with Gasteiger partial charge in [0.25, 0.3) is 5.91 Å². The Balaban J connectivity index is 1.55. The SMILES string of the molecule is CC(NC(=O)c1ccccc1)C(=O)Nc1ccc(Oc2ccccc2)cc1. The minimum Gasteiger partial charge on any atom is -0.457 e. The van der Waals surface area contributed by atoms with Gasteiger partial charge in [0.05, 0.1) is 0 Å². The van der Waals surface area contributed by atoms with Gasteiger partial charge in [-0.25, -0.2) is 0 Å².